The van der Waals surface area contributed by atoms with Crippen molar-refractivity contribution in [2.75, 3.05) is 31.1 Å². The zero-order chi connectivity index (χ0) is 19.4. The number of halogens is 1. The van der Waals surface area contributed by atoms with Crippen molar-refractivity contribution in [3.05, 3.63) is 24.3 Å². The van der Waals surface area contributed by atoms with E-state index in [1.165, 1.54) is 0 Å². The summed E-state index contributed by atoms with van der Waals surface area (Å²) in [7, 11) is -0.356. The van der Waals surface area contributed by atoms with Crippen LogP contribution in [-0.4, -0.2) is 61.5 Å². The lowest BCUT2D eigenvalue weighted by Crippen LogP contribution is -2.49. The molecule has 2 atom stereocenters. The number of alkyl halides is 1. The SMILES string of the molecule is CC1(C)OB(c2ccc(N3CCN(C(=O)[C@@H]4C[C@H]4F)CC3)cc2)OC1(C)C. The number of hydrogen-bond donors (Lipinski definition) is 0. The molecule has 3 aliphatic rings. The van der Waals surface area contributed by atoms with Crippen molar-refractivity contribution in [1.29, 1.82) is 0 Å². The van der Waals surface area contributed by atoms with Crippen molar-refractivity contribution in [2.45, 2.75) is 51.5 Å². The molecule has 2 heterocycles. The summed E-state index contributed by atoms with van der Waals surface area (Å²) in [5.74, 6) is -0.394. The van der Waals surface area contributed by atoms with Crippen molar-refractivity contribution >= 4 is 24.2 Å². The third kappa shape index (κ3) is 3.47. The second-order valence-corrected chi connectivity index (χ2v) is 8.85. The highest BCUT2D eigenvalue weighted by Crippen LogP contribution is 2.37. The van der Waals surface area contributed by atoms with Crippen LogP contribution in [0.4, 0.5) is 10.1 Å². The van der Waals surface area contributed by atoms with E-state index in [1.54, 1.807) is 4.90 Å². The Morgan fingerprint density at radius 3 is 2.04 bits per heavy atom. The van der Waals surface area contributed by atoms with Gasteiger partial charge in [-0.25, -0.2) is 4.39 Å². The highest BCUT2D eigenvalue weighted by atomic mass is 19.1. The highest BCUT2D eigenvalue weighted by molar-refractivity contribution is 6.62. The Labute approximate surface area is 160 Å². The van der Waals surface area contributed by atoms with Crippen LogP contribution in [0.15, 0.2) is 24.3 Å². The lowest BCUT2D eigenvalue weighted by Gasteiger charge is -2.36. The van der Waals surface area contributed by atoms with E-state index >= 15 is 0 Å². The monoisotopic (exact) mass is 374 g/mol. The lowest BCUT2D eigenvalue weighted by atomic mass is 9.79. The molecule has 0 bridgehead atoms. The van der Waals surface area contributed by atoms with E-state index in [9.17, 15) is 9.18 Å². The fourth-order valence-corrected chi connectivity index (χ4v) is 3.66. The second-order valence-electron chi connectivity index (χ2n) is 8.85. The number of carbonyl (C=O) groups excluding carboxylic acids is 1. The summed E-state index contributed by atoms with van der Waals surface area (Å²) < 4.78 is 25.3. The smallest absolute Gasteiger partial charge is 0.399 e. The molecule has 1 aromatic carbocycles. The number of hydrogen-bond acceptors (Lipinski definition) is 4. The predicted octanol–water partition coefficient (Wildman–Crippen LogP) is 1.99. The van der Waals surface area contributed by atoms with Gasteiger partial charge in [0.25, 0.3) is 0 Å². The maximum absolute atomic E-state index is 13.1. The molecule has 3 fully saturated rings. The van der Waals surface area contributed by atoms with Crippen molar-refractivity contribution in [1.82, 2.24) is 4.90 Å². The quantitative estimate of drug-likeness (QED) is 0.759. The van der Waals surface area contributed by atoms with E-state index in [4.69, 9.17) is 9.31 Å². The summed E-state index contributed by atoms with van der Waals surface area (Å²) in [5.41, 5.74) is 1.43. The number of rotatable bonds is 3. The lowest BCUT2D eigenvalue weighted by molar-refractivity contribution is -0.133. The molecule has 0 aromatic heterocycles. The molecule has 1 aliphatic carbocycles. The first-order chi connectivity index (χ1) is 12.7. The maximum atomic E-state index is 13.1. The summed E-state index contributed by atoms with van der Waals surface area (Å²) in [4.78, 5) is 16.2. The molecule has 2 saturated heterocycles. The zero-order valence-corrected chi connectivity index (χ0v) is 16.6. The Hall–Kier alpha value is -1.60. The van der Waals surface area contributed by atoms with Gasteiger partial charge >= 0.3 is 7.12 Å². The molecule has 1 amide bonds. The minimum atomic E-state index is -0.918. The third-order valence-corrected chi connectivity index (χ3v) is 6.40. The van der Waals surface area contributed by atoms with Gasteiger partial charge in [0.05, 0.1) is 17.1 Å². The van der Waals surface area contributed by atoms with E-state index in [1.807, 2.05) is 12.1 Å². The van der Waals surface area contributed by atoms with Gasteiger partial charge in [-0.15, -0.1) is 0 Å². The first-order valence-corrected chi connectivity index (χ1v) is 9.81. The summed E-state index contributed by atoms with van der Waals surface area (Å²) in [5, 5.41) is 0. The maximum Gasteiger partial charge on any atom is 0.494 e. The summed E-state index contributed by atoms with van der Waals surface area (Å²) >= 11 is 0. The molecule has 0 radical (unpaired) electrons. The first-order valence-electron chi connectivity index (χ1n) is 9.81. The number of carbonyl (C=O) groups is 1. The van der Waals surface area contributed by atoms with Gasteiger partial charge < -0.3 is 19.1 Å². The molecule has 7 heteroatoms. The van der Waals surface area contributed by atoms with Crippen LogP contribution < -0.4 is 10.4 Å². The van der Waals surface area contributed by atoms with Crippen molar-refractivity contribution < 1.29 is 18.5 Å². The van der Waals surface area contributed by atoms with Crippen LogP contribution in [0.3, 0.4) is 0 Å². The van der Waals surface area contributed by atoms with Crippen molar-refractivity contribution in [2.24, 2.45) is 5.92 Å². The van der Waals surface area contributed by atoms with Gasteiger partial charge in [0.15, 0.2) is 0 Å². The predicted molar refractivity (Wildman–Crippen MR) is 104 cm³/mol. The van der Waals surface area contributed by atoms with Crippen LogP contribution in [0.2, 0.25) is 0 Å². The average molecular weight is 374 g/mol. The van der Waals surface area contributed by atoms with Crippen LogP contribution in [0, 0.1) is 5.92 Å². The highest BCUT2D eigenvalue weighted by Gasteiger charge is 2.51. The van der Waals surface area contributed by atoms with Crippen molar-refractivity contribution in [3.63, 3.8) is 0 Å². The molecular weight excluding hydrogens is 346 g/mol. The van der Waals surface area contributed by atoms with E-state index in [-0.39, 0.29) is 30.1 Å². The van der Waals surface area contributed by atoms with E-state index in [0.717, 1.165) is 24.2 Å². The first kappa shape index (κ1) is 18.8. The summed E-state index contributed by atoms with van der Waals surface area (Å²) in [6.07, 6.45) is -0.516. The Morgan fingerprint density at radius 1 is 1.04 bits per heavy atom. The van der Waals surface area contributed by atoms with Crippen molar-refractivity contribution in [3.8, 4) is 0 Å². The Kier molecular flexibility index (Phi) is 4.50. The third-order valence-electron chi connectivity index (χ3n) is 6.40. The van der Waals surface area contributed by atoms with Crippen LogP contribution in [-0.2, 0) is 14.1 Å². The van der Waals surface area contributed by atoms with Crippen LogP contribution in [0.25, 0.3) is 0 Å². The number of nitrogens with zero attached hydrogens (tertiary/aromatic N) is 2. The molecule has 0 spiro atoms. The van der Waals surface area contributed by atoms with Gasteiger partial charge in [-0.1, -0.05) is 12.1 Å². The molecule has 0 unspecified atom stereocenters. The van der Waals surface area contributed by atoms with Gasteiger partial charge in [-0.2, -0.15) is 0 Å². The molecule has 0 N–H and O–H groups in total. The largest absolute Gasteiger partial charge is 0.494 e. The molecule has 5 nitrogen and oxygen atoms in total. The molecule has 1 aromatic rings. The fraction of sp³-hybridized carbons (Fsp3) is 0.650. The Bertz CT molecular complexity index is 700. The minimum Gasteiger partial charge on any atom is -0.399 e. The standard InChI is InChI=1S/C20H28BFN2O3/c1-19(2)20(3,4)27-21(26-19)14-5-7-15(8-6-14)23-9-11-24(12-10-23)18(25)16-13-17(16)22/h5-8,16-17H,9-13H2,1-4H3/t16-,17-/m1/s1. The number of anilines is 1. The van der Waals surface area contributed by atoms with E-state index < -0.39 is 6.17 Å². The molecule has 146 valence electrons. The molecule has 2 aliphatic heterocycles. The van der Waals surface area contributed by atoms with Crippen LogP contribution in [0.1, 0.15) is 34.1 Å². The number of benzene rings is 1. The Balaban J connectivity index is 1.36. The van der Waals surface area contributed by atoms with Gasteiger partial charge in [0.1, 0.15) is 6.17 Å². The van der Waals surface area contributed by atoms with Gasteiger partial charge in [-0.3, -0.25) is 4.79 Å². The van der Waals surface area contributed by atoms with Crippen LogP contribution >= 0.6 is 0 Å². The number of amides is 1. The molecular formula is C20H28BFN2O3. The Morgan fingerprint density at radius 2 is 1.56 bits per heavy atom. The van der Waals surface area contributed by atoms with Crippen LogP contribution in [0.5, 0.6) is 0 Å². The van der Waals surface area contributed by atoms with Gasteiger partial charge in [0.2, 0.25) is 5.91 Å². The topological polar surface area (TPSA) is 42.0 Å². The second kappa shape index (κ2) is 6.48. The van der Waals surface area contributed by atoms with Gasteiger partial charge in [-0.05, 0) is 51.7 Å². The minimum absolute atomic E-state index is 0.0155. The van der Waals surface area contributed by atoms with E-state index in [2.05, 4.69) is 44.7 Å². The average Bonchev–Trinajstić information content (AvgIpc) is 3.31. The van der Waals surface area contributed by atoms with Gasteiger partial charge in [0, 0.05) is 31.9 Å². The molecule has 4 rings (SSSR count). The fourth-order valence-electron chi connectivity index (χ4n) is 3.66. The zero-order valence-electron chi connectivity index (χ0n) is 16.6. The number of piperazine rings is 1. The summed E-state index contributed by atoms with van der Waals surface area (Å²) in [6, 6.07) is 8.26. The summed E-state index contributed by atoms with van der Waals surface area (Å²) in [6.45, 7) is 11.0. The normalized spacial score (nSPS) is 29.1. The molecule has 27 heavy (non-hydrogen) atoms. The molecule has 1 saturated carbocycles. The van der Waals surface area contributed by atoms with E-state index in [0.29, 0.717) is 19.5 Å².